The second-order valence-electron chi connectivity index (χ2n) is 5.80. The van der Waals surface area contributed by atoms with E-state index >= 15 is 0 Å². The molecule has 29 heavy (non-hydrogen) atoms. The number of aliphatic hydroxyl groups excluding tert-OH is 2. The van der Waals surface area contributed by atoms with Gasteiger partial charge in [-0.25, -0.2) is 13.8 Å². The van der Waals surface area contributed by atoms with Gasteiger partial charge in [0, 0.05) is 12.3 Å². The number of carbonyl (C=O) groups is 1. The van der Waals surface area contributed by atoms with E-state index in [-0.39, 0.29) is 39.3 Å². The molecule has 5 N–H and O–H groups in total. The molecule has 1 atom stereocenters. The highest BCUT2D eigenvalue weighted by molar-refractivity contribution is 7.19. The van der Waals surface area contributed by atoms with E-state index in [1.807, 2.05) is 0 Å². The maximum absolute atomic E-state index is 14.0. The highest BCUT2D eigenvalue weighted by Gasteiger charge is 2.22. The quantitative estimate of drug-likeness (QED) is 0.458. The number of nitrogens with one attached hydrogen (secondary N) is 1. The van der Waals surface area contributed by atoms with Crippen LogP contribution in [0.5, 0.6) is 5.75 Å². The summed E-state index contributed by atoms with van der Waals surface area (Å²) in [6.07, 6.45) is 1.62. The lowest BCUT2D eigenvalue weighted by molar-refractivity contribution is 0.0538. The molecule has 0 saturated carbocycles. The molecular formula is C18H16F2N4O4S. The summed E-state index contributed by atoms with van der Waals surface area (Å²) in [4.78, 5) is 20.5. The van der Waals surface area contributed by atoms with Crippen molar-refractivity contribution in [2.24, 2.45) is 0 Å². The minimum Gasteiger partial charge on any atom is -0.488 e. The van der Waals surface area contributed by atoms with Gasteiger partial charge >= 0.3 is 0 Å². The van der Waals surface area contributed by atoms with Crippen molar-refractivity contribution in [3.63, 3.8) is 0 Å². The highest BCUT2D eigenvalue weighted by atomic mass is 32.1. The second-order valence-corrected chi connectivity index (χ2v) is 6.83. The maximum Gasteiger partial charge on any atom is 0.277 e. The van der Waals surface area contributed by atoms with Crippen LogP contribution in [0, 0.1) is 11.6 Å². The van der Waals surface area contributed by atoms with Gasteiger partial charge in [0.15, 0.2) is 5.69 Å². The minimum absolute atomic E-state index is 0.0257. The molecule has 0 bridgehead atoms. The summed E-state index contributed by atoms with van der Waals surface area (Å²) in [5, 5.41) is 20.7. The van der Waals surface area contributed by atoms with Gasteiger partial charge in [0.2, 0.25) is 0 Å². The first-order valence-corrected chi connectivity index (χ1v) is 9.10. The van der Waals surface area contributed by atoms with Gasteiger partial charge in [-0.05, 0) is 12.1 Å². The summed E-state index contributed by atoms with van der Waals surface area (Å²) in [6, 6.07) is 4.83. The van der Waals surface area contributed by atoms with Gasteiger partial charge in [0.25, 0.3) is 5.91 Å². The molecule has 2 aromatic heterocycles. The Morgan fingerprint density at radius 3 is 2.72 bits per heavy atom. The number of hydrogen-bond acceptors (Lipinski definition) is 8. The first kappa shape index (κ1) is 20.6. The minimum atomic E-state index is -1.10. The van der Waals surface area contributed by atoms with Crippen LogP contribution >= 0.6 is 11.3 Å². The van der Waals surface area contributed by atoms with Crippen LogP contribution in [-0.4, -0.2) is 45.4 Å². The standard InChI is InChI=1S/C18H16F2N4O4S/c19-10-2-1-3-11(20)14(10)18-24-15(16(21)29-18)17(27)23-12-6-22-5-4-13(12)28-8-9(26)7-25/h1-6,9,25-26H,7-8,21H2,(H,23,27). The van der Waals surface area contributed by atoms with E-state index in [1.54, 1.807) is 0 Å². The van der Waals surface area contributed by atoms with Gasteiger partial charge in [-0.2, -0.15) is 0 Å². The van der Waals surface area contributed by atoms with Crippen LogP contribution < -0.4 is 15.8 Å². The number of ether oxygens (including phenoxy) is 1. The summed E-state index contributed by atoms with van der Waals surface area (Å²) in [5.41, 5.74) is 5.41. The number of pyridine rings is 1. The largest absolute Gasteiger partial charge is 0.488 e. The zero-order valence-electron chi connectivity index (χ0n) is 14.8. The molecule has 0 radical (unpaired) electrons. The molecular weight excluding hydrogens is 406 g/mol. The molecule has 0 aliphatic carbocycles. The summed E-state index contributed by atoms with van der Waals surface area (Å²) < 4.78 is 33.3. The number of benzene rings is 1. The van der Waals surface area contributed by atoms with Crippen LogP contribution in [0.1, 0.15) is 10.5 Å². The van der Waals surface area contributed by atoms with Crippen molar-refractivity contribution in [3.05, 3.63) is 54.0 Å². The molecule has 1 unspecified atom stereocenters. The van der Waals surface area contributed by atoms with Crippen LogP contribution in [0.3, 0.4) is 0 Å². The number of aromatic nitrogens is 2. The molecule has 152 valence electrons. The van der Waals surface area contributed by atoms with Crippen molar-refractivity contribution in [1.29, 1.82) is 0 Å². The topological polar surface area (TPSA) is 131 Å². The van der Waals surface area contributed by atoms with Crippen molar-refractivity contribution < 1.29 is 28.5 Å². The molecule has 1 aromatic carbocycles. The molecule has 2 heterocycles. The zero-order chi connectivity index (χ0) is 21.0. The SMILES string of the molecule is Nc1sc(-c2c(F)cccc2F)nc1C(=O)Nc1cnccc1OCC(O)CO. The van der Waals surface area contributed by atoms with E-state index in [0.29, 0.717) is 0 Å². The van der Waals surface area contributed by atoms with E-state index in [9.17, 15) is 18.7 Å². The fraction of sp³-hybridized carbons (Fsp3) is 0.167. The number of nitrogens with zero attached hydrogens (tertiary/aromatic N) is 2. The Bertz CT molecular complexity index is 1010. The lowest BCUT2D eigenvalue weighted by atomic mass is 10.2. The summed E-state index contributed by atoms with van der Waals surface area (Å²) in [5.74, 6) is -2.19. The Labute approximate surface area is 167 Å². The molecule has 0 aliphatic heterocycles. The lowest BCUT2D eigenvalue weighted by Gasteiger charge is -2.13. The Kier molecular flexibility index (Phi) is 6.32. The molecule has 1 amide bonds. The van der Waals surface area contributed by atoms with E-state index in [4.69, 9.17) is 15.6 Å². The number of rotatable bonds is 7. The maximum atomic E-state index is 14.0. The third-order valence-electron chi connectivity index (χ3n) is 3.72. The zero-order valence-corrected chi connectivity index (χ0v) is 15.6. The number of amides is 1. The van der Waals surface area contributed by atoms with Crippen LogP contribution in [0.15, 0.2) is 36.7 Å². The molecule has 0 fully saturated rings. The van der Waals surface area contributed by atoms with Crippen molar-refractivity contribution in [1.82, 2.24) is 9.97 Å². The number of carbonyl (C=O) groups excluding carboxylic acids is 1. The summed E-state index contributed by atoms with van der Waals surface area (Å²) in [6.45, 7) is -0.698. The van der Waals surface area contributed by atoms with Gasteiger partial charge in [-0.3, -0.25) is 9.78 Å². The molecule has 8 nitrogen and oxygen atoms in total. The number of hydrogen-bond donors (Lipinski definition) is 4. The van der Waals surface area contributed by atoms with Crippen molar-refractivity contribution in [2.75, 3.05) is 24.3 Å². The molecule has 3 aromatic rings. The number of thiazole rings is 1. The van der Waals surface area contributed by atoms with E-state index in [0.717, 1.165) is 23.5 Å². The van der Waals surface area contributed by atoms with Crippen LogP contribution in [0.4, 0.5) is 19.5 Å². The average Bonchev–Trinajstić information content (AvgIpc) is 3.08. The van der Waals surface area contributed by atoms with Crippen molar-refractivity contribution >= 4 is 27.9 Å². The van der Waals surface area contributed by atoms with E-state index in [2.05, 4.69) is 15.3 Å². The molecule has 0 spiro atoms. The Balaban J connectivity index is 1.83. The fourth-order valence-electron chi connectivity index (χ4n) is 2.33. The van der Waals surface area contributed by atoms with Crippen molar-refractivity contribution in [2.45, 2.75) is 6.10 Å². The van der Waals surface area contributed by atoms with Gasteiger partial charge in [0.05, 0.1) is 18.4 Å². The van der Waals surface area contributed by atoms with E-state index < -0.39 is 30.3 Å². The average molecular weight is 422 g/mol. The highest BCUT2D eigenvalue weighted by Crippen LogP contribution is 2.34. The van der Waals surface area contributed by atoms with Gasteiger partial charge in [-0.15, -0.1) is 0 Å². The normalized spacial score (nSPS) is 11.9. The van der Waals surface area contributed by atoms with Gasteiger partial charge in [-0.1, -0.05) is 17.4 Å². The number of halogens is 2. The predicted molar refractivity (Wildman–Crippen MR) is 103 cm³/mol. The van der Waals surface area contributed by atoms with Crippen LogP contribution in [-0.2, 0) is 0 Å². The summed E-state index contributed by atoms with van der Waals surface area (Å²) >= 11 is 0.774. The van der Waals surface area contributed by atoms with Crippen molar-refractivity contribution in [3.8, 4) is 16.3 Å². The van der Waals surface area contributed by atoms with Gasteiger partial charge in [0.1, 0.15) is 45.8 Å². The number of nitrogens with two attached hydrogens (primary N) is 1. The van der Waals surface area contributed by atoms with E-state index in [1.165, 1.54) is 24.5 Å². The van der Waals surface area contributed by atoms with Crippen LogP contribution in [0.25, 0.3) is 10.6 Å². The lowest BCUT2D eigenvalue weighted by Crippen LogP contribution is -2.22. The fourth-order valence-corrected chi connectivity index (χ4v) is 3.20. The Hall–Kier alpha value is -3.15. The van der Waals surface area contributed by atoms with Gasteiger partial charge < -0.3 is 26.0 Å². The smallest absolute Gasteiger partial charge is 0.277 e. The molecule has 11 heteroatoms. The molecule has 3 rings (SSSR count). The monoisotopic (exact) mass is 422 g/mol. The second kappa shape index (κ2) is 8.90. The Morgan fingerprint density at radius 1 is 1.31 bits per heavy atom. The first-order chi connectivity index (χ1) is 13.9. The van der Waals surface area contributed by atoms with Crippen LogP contribution in [0.2, 0.25) is 0 Å². The number of aliphatic hydroxyl groups is 2. The molecule has 0 aliphatic rings. The predicted octanol–water partition coefficient (Wildman–Crippen LogP) is 2.05. The third-order valence-corrected chi connectivity index (χ3v) is 4.62. The number of anilines is 2. The summed E-state index contributed by atoms with van der Waals surface area (Å²) in [7, 11) is 0. The first-order valence-electron chi connectivity index (χ1n) is 8.28. The number of nitrogen functional groups attached to an aromatic ring is 1. The Morgan fingerprint density at radius 2 is 2.03 bits per heavy atom. The molecule has 0 saturated heterocycles. The third kappa shape index (κ3) is 4.65.